The Labute approximate surface area is 170 Å². The summed E-state index contributed by atoms with van der Waals surface area (Å²) >= 11 is 0. The number of aliphatic hydroxyl groups excluding tert-OH is 5. The lowest BCUT2D eigenvalue weighted by atomic mass is 9.81. The third kappa shape index (κ3) is 5.76. The third-order valence-corrected chi connectivity index (χ3v) is 5.18. The zero-order valence-electron chi connectivity index (χ0n) is 16.4. The molecule has 1 heterocycles. The van der Waals surface area contributed by atoms with Gasteiger partial charge in [-0.15, -0.1) is 6.58 Å². The Kier molecular flexibility index (Phi) is 9.04. The lowest BCUT2D eigenvalue weighted by Gasteiger charge is -2.49. The summed E-state index contributed by atoms with van der Waals surface area (Å²) < 4.78 is 11.5. The van der Waals surface area contributed by atoms with Gasteiger partial charge >= 0.3 is 0 Å². The number of hydrogen-bond acceptors (Lipinski definition) is 8. The fourth-order valence-electron chi connectivity index (χ4n) is 3.49. The van der Waals surface area contributed by atoms with Crippen LogP contribution in [0.4, 0.5) is 0 Å². The largest absolute Gasteiger partial charge is 0.462 e. The molecule has 0 spiro atoms. The highest BCUT2D eigenvalue weighted by atomic mass is 16.7. The van der Waals surface area contributed by atoms with E-state index in [9.17, 15) is 20.4 Å². The maximum atomic E-state index is 11.1. The van der Waals surface area contributed by atoms with E-state index in [0.717, 1.165) is 5.56 Å². The summed E-state index contributed by atoms with van der Waals surface area (Å²) in [7, 11) is 0. The van der Waals surface area contributed by atoms with Crippen molar-refractivity contribution in [2.45, 2.75) is 68.4 Å². The number of aliphatic hydroxyl groups is 6. The summed E-state index contributed by atoms with van der Waals surface area (Å²) in [4.78, 5) is 0. The smallest absolute Gasteiger partial charge is 0.232 e. The molecule has 0 aliphatic carbocycles. The standard InChI is InChI=1S/C21H32O8/c1-2-5-14-7-9-15(10-8-14)28-20-21(27,11-4-13-23)19(26)17(25)18(29-20)16(24)6-3-12-22/h2,7-10,16-20,22-27H,1,3-6,11-13H2. The SMILES string of the molecule is C=CCc1ccc(OC2OC(C(O)CCCO)C(O)C(O)C2(O)CCCO)cc1. The molecule has 29 heavy (non-hydrogen) atoms. The van der Waals surface area contributed by atoms with E-state index in [0.29, 0.717) is 12.2 Å². The van der Waals surface area contributed by atoms with Gasteiger partial charge in [-0.3, -0.25) is 0 Å². The fourth-order valence-corrected chi connectivity index (χ4v) is 3.49. The van der Waals surface area contributed by atoms with Crippen molar-refractivity contribution in [1.82, 2.24) is 0 Å². The highest BCUT2D eigenvalue weighted by Gasteiger charge is 2.57. The Morgan fingerprint density at radius 3 is 2.38 bits per heavy atom. The highest BCUT2D eigenvalue weighted by molar-refractivity contribution is 5.28. The molecule has 2 rings (SSSR count). The van der Waals surface area contributed by atoms with Crippen LogP contribution in [0.5, 0.6) is 5.75 Å². The van der Waals surface area contributed by atoms with Crippen molar-refractivity contribution in [2.24, 2.45) is 0 Å². The van der Waals surface area contributed by atoms with Crippen LogP contribution in [0.3, 0.4) is 0 Å². The van der Waals surface area contributed by atoms with Gasteiger partial charge in [0.2, 0.25) is 6.29 Å². The van der Waals surface area contributed by atoms with E-state index in [2.05, 4.69) is 6.58 Å². The zero-order chi connectivity index (χ0) is 21.4. The Morgan fingerprint density at radius 2 is 1.79 bits per heavy atom. The van der Waals surface area contributed by atoms with Crippen molar-refractivity contribution in [3.05, 3.63) is 42.5 Å². The number of hydrogen-bond donors (Lipinski definition) is 6. The molecule has 1 saturated heterocycles. The van der Waals surface area contributed by atoms with Gasteiger partial charge in [-0.2, -0.15) is 0 Å². The minimum Gasteiger partial charge on any atom is -0.462 e. The molecule has 0 amide bonds. The van der Waals surface area contributed by atoms with Gasteiger partial charge in [0.1, 0.15) is 24.1 Å². The van der Waals surface area contributed by atoms with Crippen LogP contribution >= 0.6 is 0 Å². The van der Waals surface area contributed by atoms with Crippen molar-refractivity contribution in [3.8, 4) is 5.75 Å². The zero-order valence-corrected chi connectivity index (χ0v) is 16.4. The van der Waals surface area contributed by atoms with Crippen molar-refractivity contribution < 1.29 is 40.1 Å². The molecule has 6 unspecified atom stereocenters. The lowest BCUT2D eigenvalue weighted by molar-refractivity contribution is -0.330. The minimum absolute atomic E-state index is 0.0829. The molecule has 1 fully saturated rings. The molecule has 0 radical (unpaired) electrons. The summed E-state index contributed by atoms with van der Waals surface area (Å²) in [5, 5.41) is 60.6. The molecule has 0 bridgehead atoms. The molecule has 0 aromatic heterocycles. The van der Waals surface area contributed by atoms with E-state index in [4.69, 9.17) is 19.7 Å². The van der Waals surface area contributed by atoms with Gasteiger partial charge in [0.25, 0.3) is 0 Å². The monoisotopic (exact) mass is 412 g/mol. The van der Waals surface area contributed by atoms with Crippen LogP contribution in [0.25, 0.3) is 0 Å². The summed E-state index contributed by atoms with van der Waals surface area (Å²) in [6, 6.07) is 7.02. The normalized spacial score (nSPS) is 30.7. The van der Waals surface area contributed by atoms with Crippen LogP contribution < -0.4 is 4.74 Å². The second-order valence-electron chi connectivity index (χ2n) is 7.37. The van der Waals surface area contributed by atoms with Crippen molar-refractivity contribution in [1.29, 1.82) is 0 Å². The first-order valence-corrected chi connectivity index (χ1v) is 9.87. The van der Waals surface area contributed by atoms with E-state index in [1.165, 1.54) is 0 Å². The molecule has 0 saturated carbocycles. The van der Waals surface area contributed by atoms with Crippen molar-refractivity contribution in [3.63, 3.8) is 0 Å². The molecule has 1 aliphatic heterocycles. The molecule has 6 atom stereocenters. The molecule has 164 valence electrons. The fraction of sp³-hybridized carbons (Fsp3) is 0.619. The van der Waals surface area contributed by atoms with Crippen LogP contribution in [0, 0.1) is 0 Å². The Balaban J connectivity index is 2.24. The molecule has 8 heteroatoms. The molecule has 8 nitrogen and oxygen atoms in total. The van der Waals surface area contributed by atoms with Gasteiger partial charge in [0.05, 0.1) is 6.10 Å². The summed E-state index contributed by atoms with van der Waals surface area (Å²) in [5.41, 5.74) is -0.977. The Bertz CT molecular complexity index is 620. The van der Waals surface area contributed by atoms with E-state index < -0.39 is 36.3 Å². The summed E-state index contributed by atoms with van der Waals surface area (Å²) in [6.45, 7) is 3.32. The van der Waals surface area contributed by atoms with Crippen molar-refractivity contribution in [2.75, 3.05) is 13.2 Å². The number of benzene rings is 1. The highest BCUT2D eigenvalue weighted by Crippen LogP contribution is 2.36. The second kappa shape index (κ2) is 11.0. The maximum Gasteiger partial charge on any atom is 0.232 e. The summed E-state index contributed by atoms with van der Waals surface area (Å²) in [6.07, 6.45) is -4.05. The third-order valence-electron chi connectivity index (χ3n) is 5.18. The van der Waals surface area contributed by atoms with E-state index in [1.807, 2.05) is 12.1 Å². The minimum atomic E-state index is -1.99. The molecule has 1 aliphatic rings. The van der Waals surface area contributed by atoms with Gasteiger partial charge < -0.3 is 40.1 Å². The molecule has 1 aromatic carbocycles. The average molecular weight is 412 g/mol. The van der Waals surface area contributed by atoms with E-state index >= 15 is 0 Å². The predicted octanol–water partition coefficient (Wildman–Crippen LogP) is -0.122. The predicted molar refractivity (Wildman–Crippen MR) is 105 cm³/mol. The Morgan fingerprint density at radius 1 is 1.14 bits per heavy atom. The van der Waals surface area contributed by atoms with Crippen LogP contribution in [-0.2, 0) is 11.2 Å². The van der Waals surface area contributed by atoms with E-state index in [-0.39, 0.29) is 38.9 Å². The van der Waals surface area contributed by atoms with Gasteiger partial charge in [-0.1, -0.05) is 18.2 Å². The molecule has 6 N–H and O–H groups in total. The topological polar surface area (TPSA) is 140 Å². The second-order valence-corrected chi connectivity index (χ2v) is 7.37. The quantitative estimate of drug-likeness (QED) is 0.277. The number of ether oxygens (including phenoxy) is 2. The van der Waals surface area contributed by atoms with Crippen molar-refractivity contribution >= 4 is 0 Å². The van der Waals surface area contributed by atoms with Crippen LogP contribution in [0.1, 0.15) is 31.2 Å². The lowest BCUT2D eigenvalue weighted by Crippen LogP contribution is -2.69. The van der Waals surface area contributed by atoms with Gasteiger partial charge in [-0.25, -0.2) is 0 Å². The van der Waals surface area contributed by atoms with Gasteiger partial charge in [0, 0.05) is 13.2 Å². The van der Waals surface area contributed by atoms with Crippen LogP contribution in [0.2, 0.25) is 0 Å². The van der Waals surface area contributed by atoms with Crippen LogP contribution in [-0.4, -0.2) is 80.2 Å². The average Bonchev–Trinajstić information content (AvgIpc) is 2.72. The molecular formula is C21H32O8. The molecular weight excluding hydrogens is 380 g/mol. The first-order chi connectivity index (χ1) is 13.9. The first kappa shape index (κ1) is 23.8. The number of rotatable bonds is 11. The van der Waals surface area contributed by atoms with E-state index in [1.54, 1.807) is 18.2 Å². The number of allylic oxidation sites excluding steroid dienone is 1. The Hall–Kier alpha value is -1.52. The first-order valence-electron chi connectivity index (χ1n) is 9.87. The van der Waals surface area contributed by atoms with Crippen LogP contribution in [0.15, 0.2) is 36.9 Å². The summed E-state index contributed by atoms with van der Waals surface area (Å²) in [5.74, 6) is 0.373. The van der Waals surface area contributed by atoms with Gasteiger partial charge in [-0.05, 0) is 49.8 Å². The maximum absolute atomic E-state index is 11.1. The van der Waals surface area contributed by atoms with Gasteiger partial charge in [0.15, 0.2) is 5.60 Å². The molecule has 1 aromatic rings.